The molecule has 0 saturated heterocycles. The van der Waals surface area contributed by atoms with Crippen molar-refractivity contribution >= 4 is 75.0 Å². The Bertz CT molecular complexity index is 1930. The zero-order valence-electron chi connectivity index (χ0n) is 34.1. The van der Waals surface area contributed by atoms with Crippen LogP contribution >= 0.6 is 35.1 Å². The lowest BCUT2D eigenvalue weighted by atomic mass is 10.1. The number of carbonyl (C=O) groups excluding carboxylic acids is 5. The highest BCUT2D eigenvalue weighted by atomic mass is 35.5. The number of anilines is 2. The van der Waals surface area contributed by atoms with Gasteiger partial charge in [0.05, 0.1) is 46.5 Å². The zero-order chi connectivity index (χ0) is 42.5. The molecule has 4 aromatic heterocycles. The lowest BCUT2D eigenvalue weighted by molar-refractivity contribution is -0.157. The number of urea groups is 1. The van der Waals surface area contributed by atoms with Crippen LogP contribution in [0.25, 0.3) is 21.5 Å². The molecule has 0 bridgehead atoms. The van der Waals surface area contributed by atoms with Gasteiger partial charge in [0.25, 0.3) is 0 Å². The van der Waals surface area contributed by atoms with E-state index in [1.807, 2.05) is 20.8 Å². The SMILES string of the molecule is CCOC(=O)c1c(N)sc(-c2ncco2)c1C.CCOC(=O)c1c(NC(=O)N[C@@H](C)C(=O)OC(C)(C)C)sc(-c2ncco2)c1C.C[C@H](N)C(=O)OC(C)(C)C.Cl. The fraction of sp³-hybridized carbons (Fsp3) is 0.486. The second-order valence-corrected chi connectivity index (χ2v) is 15.9. The molecule has 0 aliphatic carbocycles. The summed E-state index contributed by atoms with van der Waals surface area (Å²) >= 11 is 2.40. The van der Waals surface area contributed by atoms with E-state index < -0.39 is 47.2 Å². The van der Waals surface area contributed by atoms with Crippen LogP contribution in [0.4, 0.5) is 14.8 Å². The van der Waals surface area contributed by atoms with Crippen LogP contribution < -0.4 is 22.1 Å². The number of nitrogens with two attached hydrogens (primary N) is 2. The number of oxazole rings is 2. The van der Waals surface area contributed by atoms with Gasteiger partial charge < -0.3 is 44.6 Å². The van der Waals surface area contributed by atoms with E-state index in [2.05, 4.69) is 20.6 Å². The molecule has 4 heterocycles. The van der Waals surface area contributed by atoms with Crippen molar-refractivity contribution in [2.24, 2.45) is 5.73 Å². The number of hydrogen-bond donors (Lipinski definition) is 4. The van der Waals surface area contributed by atoms with E-state index in [-0.39, 0.29) is 35.5 Å². The number of thiophene rings is 2. The van der Waals surface area contributed by atoms with E-state index in [0.29, 0.717) is 39.4 Å². The van der Waals surface area contributed by atoms with Crippen LogP contribution in [0.3, 0.4) is 0 Å². The summed E-state index contributed by atoms with van der Waals surface area (Å²) in [5, 5.41) is 5.81. The summed E-state index contributed by atoms with van der Waals surface area (Å²) in [6.45, 7) is 21.2. The third-order valence-electron chi connectivity index (χ3n) is 6.65. The molecular formula is C37H53ClN6O11S2. The first-order valence-corrected chi connectivity index (χ1v) is 19.1. The molecule has 2 atom stereocenters. The first kappa shape index (κ1) is 50.0. The van der Waals surface area contributed by atoms with E-state index in [1.54, 1.807) is 61.6 Å². The van der Waals surface area contributed by atoms with Gasteiger partial charge in [-0.2, -0.15) is 0 Å². The maximum Gasteiger partial charge on any atom is 0.341 e. The van der Waals surface area contributed by atoms with Crippen molar-refractivity contribution in [2.75, 3.05) is 24.3 Å². The summed E-state index contributed by atoms with van der Waals surface area (Å²) in [5.41, 5.74) is 11.9. The van der Waals surface area contributed by atoms with Crippen molar-refractivity contribution in [1.29, 1.82) is 0 Å². The molecule has 57 heavy (non-hydrogen) atoms. The molecule has 0 aliphatic heterocycles. The maximum absolute atomic E-state index is 12.4. The third kappa shape index (κ3) is 15.5. The zero-order valence-corrected chi connectivity index (χ0v) is 36.6. The van der Waals surface area contributed by atoms with Crippen LogP contribution in [0.2, 0.25) is 0 Å². The summed E-state index contributed by atoms with van der Waals surface area (Å²) in [5.74, 6) is -1.11. The highest BCUT2D eigenvalue weighted by Crippen LogP contribution is 2.40. The number of nitrogens with zero attached hydrogens (tertiary/aromatic N) is 2. The Hall–Kier alpha value is -4.98. The predicted octanol–water partition coefficient (Wildman–Crippen LogP) is 7.31. The molecule has 0 saturated carbocycles. The number of aromatic nitrogens is 2. The summed E-state index contributed by atoms with van der Waals surface area (Å²) < 4.78 is 30.8. The Labute approximate surface area is 346 Å². The van der Waals surface area contributed by atoms with E-state index >= 15 is 0 Å². The van der Waals surface area contributed by atoms with E-state index in [0.717, 1.165) is 21.8 Å². The Morgan fingerprint density at radius 3 is 1.61 bits per heavy atom. The summed E-state index contributed by atoms with van der Waals surface area (Å²) in [7, 11) is 0. The lowest BCUT2D eigenvalue weighted by Gasteiger charge is -2.22. The monoisotopic (exact) mass is 856 g/mol. The molecule has 0 spiro atoms. The van der Waals surface area contributed by atoms with Gasteiger partial charge in [-0.25, -0.2) is 29.1 Å². The molecule has 316 valence electrons. The quantitative estimate of drug-likeness (QED) is 0.0901. The molecule has 0 unspecified atom stereocenters. The lowest BCUT2D eigenvalue weighted by Crippen LogP contribution is -2.44. The molecule has 4 rings (SSSR count). The minimum Gasteiger partial charge on any atom is -0.462 e. The van der Waals surface area contributed by atoms with E-state index in [9.17, 15) is 24.0 Å². The first-order valence-electron chi connectivity index (χ1n) is 17.5. The van der Waals surface area contributed by atoms with Crippen molar-refractivity contribution in [3.8, 4) is 21.5 Å². The molecule has 4 aromatic rings. The van der Waals surface area contributed by atoms with Gasteiger partial charge in [0.15, 0.2) is 0 Å². The van der Waals surface area contributed by atoms with Crippen LogP contribution in [0, 0.1) is 13.8 Å². The molecule has 17 nitrogen and oxygen atoms in total. The number of rotatable bonds is 10. The minimum absolute atomic E-state index is 0. The number of ether oxygens (including phenoxy) is 4. The third-order valence-corrected chi connectivity index (χ3v) is 8.95. The molecule has 2 amide bonds. The number of nitrogen functional groups attached to an aromatic ring is 1. The van der Waals surface area contributed by atoms with Crippen molar-refractivity contribution in [3.05, 3.63) is 47.2 Å². The maximum atomic E-state index is 12.4. The average molecular weight is 857 g/mol. The number of nitrogens with one attached hydrogen (secondary N) is 2. The largest absolute Gasteiger partial charge is 0.462 e. The van der Waals surface area contributed by atoms with Gasteiger partial charge in [-0.05, 0) is 94.2 Å². The predicted molar refractivity (Wildman–Crippen MR) is 220 cm³/mol. The second kappa shape index (κ2) is 22.1. The normalized spacial score (nSPS) is 11.9. The summed E-state index contributed by atoms with van der Waals surface area (Å²) in [4.78, 5) is 68.9. The van der Waals surface area contributed by atoms with Gasteiger partial charge in [0, 0.05) is 0 Å². The van der Waals surface area contributed by atoms with Gasteiger partial charge in [0.1, 0.15) is 45.8 Å². The summed E-state index contributed by atoms with van der Waals surface area (Å²) in [6, 6.07) is -2.07. The number of halogens is 1. The van der Waals surface area contributed by atoms with Gasteiger partial charge in [0.2, 0.25) is 11.8 Å². The van der Waals surface area contributed by atoms with Crippen LogP contribution in [0.5, 0.6) is 0 Å². The van der Waals surface area contributed by atoms with Crippen LogP contribution in [-0.4, -0.2) is 76.4 Å². The second-order valence-electron chi connectivity index (χ2n) is 13.8. The van der Waals surface area contributed by atoms with Crippen LogP contribution in [-0.2, 0) is 28.5 Å². The first-order chi connectivity index (χ1) is 26.0. The standard InChI is InChI=1S/C19H25N3O6S.C11H12N2O3S.C7H15NO2.ClH/c1-7-26-17(24)12-10(2)13(14-20-8-9-27-14)29-15(12)22-18(25)21-11(3)16(23)28-19(4,5)6;1-3-15-11(14)7-6(2)8(17-9(7)12)10-13-4-5-16-10;1-5(8)6(9)10-7(2,3)4;/h8-9,11H,7H2,1-6H3,(H2,21,22,25);4-5H,3,12H2,1-2H3;5H,8H2,1-4H3;1H/t11-;;5-;/m0.0./s1. The smallest absolute Gasteiger partial charge is 0.341 e. The van der Waals surface area contributed by atoms with E-state index in [1.165, 1.54) is 37.0 Å². The van der Waals surface area contributed by atoms with E-state index in [4.69, 9.17) is 39.2 Å². The van der Waals surface area contributed by atoms with Crippen molar-refractivity contribution in [3.63, 3.8) is 0 Å². The Kier molecular flexibility index (Phi) is 19.4. The van der Waals surface area contributed by atoms with Gasteiger partial charge in [-0.3, -0.25) is 10.1 Å². The topological polar surface area (TPSA) is 250 Å². The fourth-order valence-corrected chi connectivity index (χ4v) is 6.43. The Morgan fingerprint density at radius 2 is 1.21 bits per heavy atom. The highest BCUT2D eigenvalue weighted by Gasteiger charge is 2.28. The Morgan fingerprint density at radius 1 is 0.772 bits per heavy atom. The molecular weight excluding hydrogens is 804 g/mol. The highest BCUT2D eigenvalue weighted by molar-refractivity contribution is 7.20. The number of esters is 4. The van der Waals surface area contributed by atoms with Gasteiger partial charge in [-0.1, -0.05) is 0 Å². The number of hydrogen-bond acceptors (Lipinski definition) is 17. The molecule has 0 radical (unpaired) electrons. The van der Waals surface area contributed by atoms with Gasteiger partial charge >= 0.3 is 29.9 Å². The van der Waals surface area contributed by atoms with Crippen molar-refractivity contribution in [1.82, 2.24) is 15.3 Å². The molecule has 20 heteroatoms. The molecule has 0 aromatic carbocycles. The molecule has 0 aliphatic rings. The Balaban J connectivity index is 0.000000488. The molecule has 0 fully saturated rings. The van der Waals surface area contributed by atoms with Crippen LogP contribution in [0.1, 0.15) is 101 Å². The number of carbonyl (C=O) groups is 5. The van der Waals surface area contributed by atoms with Gasteiger partial charge in [-0.15, -0.1) is 35.1 Å². The minimum atomic E-state index is -0.882. The number of amides is 2. The fourth-order valence-electron chi connectivity index (χ4n) is 4.30. The molecule has 6 N–H and O–H groups in total. The van der Waals surface area contributed by atoms with Crippen molar-refractivity contribution < 1.29 is 51.8 Å². The summed E-state index contributed by atoms with van der Waals surface area (Å²) in [6.07, 6.45) is 5.94. The van der Waals surface area contributed by atoms with Crippen LogP contribution in [0.15, 0.2) is 33.8 Å². The average Bonchev–Trinajstić information content (AvgIpc) is 3.88. The van der Waals surface area contributed by atoms with Crippen molar-refractivity contribution in [2.45, 2.75) is 106 Å².